The van der Waals surface area contributed by atoms with Crippen LogP contribution >= 0.6 is 11.5 Å². The van der Waals surface area contributed by atoms with Gasteiger partial charge in [-0.25, -0.2) is 13.4 Å². The predicted molar refractivity (Wildman–Crippen MR) is 69.1 cm³/mol. The van der Waals surface area contributed by atoms with Crippen molar-refractivity contribution in [2.75, 3.05) is 0 Å². The van der Waals surface area contributed by atoms with Gasteiger partial charge in [0.2, 0.25) is 0 Å². The molecule has 2 heterocycles. The van der Waals surface area contributed by atoms with Crippen molar-refractivity contribution in [2.24, 2.45) is 0 Å². The largest absolute Gasteiger partial charge is 0.263 e. The van der Waals surface area contributed by atoms with Gasteiger partial charge >= 0.3 is 0 Å². The summed E-state index contributed by atoms with van der Waals surface area (Å²) < 4.78 is 28.3. The average molecular weight is 283 g/mol. The molecule has 0 N–H and O–H groups in total. The minimum atomic E-state index is -3.38. The van der Waals surface area contributed by atoms with Gasteiger partial charge in [0.1, 0.15) is 16.6 Å². The molecule has 7 heteroatoms. The van der Waals surface area contributed by atoms with E-state index < -0.39 is 9.84 Å². The molecule has 0 fully saturated rings. The topological polar surface area (TPSA) is 72.8 Å². The average Bonchev–Trinajstić information content (AvgIpc) is 2.78. The van der Waals surface area contributed by atoms with Crippen LogP contribution in [-0.2, 0) is 15.6 Å². The lowest BCUT2D eigenvalue weighted by Crippen LogP contribution is -2.05. The second kappa shape index (κ2) is 5.11. The molecule has 0 aliphatic carbocycles. The number of pyridine rings is 1. The van der Waals surface area contributed by atoms with Gasteiger partial charge in [-0.1, -0.05) is 13.8 Å². The highest BCUT2D eigenvalue weighted by Crippen LogP contribution is 2.19. The van der Waals surface area contributed by atoms with E-state index in [9.17, 15) is 8.42 Å². The first-order chi connectivity index (χ1) is 8.49. The molecule has 0 radical (unpaired) electrons. The van der Waals surface area contributed by atoms with Crippen LogP contribution in [0.2, 0.25) is 0 Å². The van der Waals surface area contributed by atoms with Crippen LogP contribution in [0.3, 0.4) is 0 Å². The summed E-state index contributed by atoms with van der Waals surface area (Å²) in [4.78, 5) is 8.26. The number of nitrogens with zero attached hydrogens (tertiary/aromatic N) is 3. The van der Waals surface area contributed by atoms with Gasteiger partial charge < -0.3 is 0 Å². The van der Waals surface area contributed by atoms with Crippen molar-refractivity contribution < 1.29 is 8.42 Å². The normalized spacial score (nSPS) is 11.9. The third-order valence-corrected chi connectivity index (χ3v) is 4.83. The van der Waals surface area contributed by atoms with Crippen LogP contribution in [0, 0.1) is 0 Å². The van der Waals surface area contributed by atoms with Gasteiger partial charge in [0.15, 0.2) is 9.84 Å². The maximum atomic E-state index is 12.1. The number of sulfone groups is 1. The molecule has 2 aromatic heterocycles. The highest BCUT2D eigenvalue weighted by atomic mass is 32.2. The molecule has 0 aromatic carbocycles. The van der Waals surface area contributed by atoms with E-state index in [-0.39, 0.29) is 16.6 Å². The number of rotatable bonds is 4. The molecule has 5 nitrogen and oxygen atoms in total. The van der Waals surface area contributed by atoms with Gasteiger partial charge in [-0.05, 0) is 23.7 Å². The Hall–Kier alpha value is -1.34. The Labute approximate surface area is 110 Å². The van der Waals surface area contributed by atoms with Crippen LogP contribution in [0.4, 0.5) is 0 Å². The van der Waals surface area contributed by atoms with Gasteiger partial charge in [-0.2, -0.15) is 4.37 Å². The smallest absolute Gasteiger partial charge is 0.186 e. The first-order valence-electron chi connectivity index (χ1n) is 5.44. The van der Waals surface area contributed by atoms with E-state index in [1.165, 1.54) is 12.3 Å². The lowest BCUT2D eigenvalue weighted by atomic mass is 10.2. The fraction of sp³-hybridized carbons (Fsp3) is 0.364. The van der Waals surface area contributed by atoms with Crippen LogP contribution < -0.4 is 0 Å². The molecule has 0 aliphatic rings. The predicted octanol–water partition coefficient (Wildman–Crippen LogP) is 2.03. The Balaban J connectivity index is 2.23. The molecular formula is C11H13N3O2S2. The fourth-order valence-corrected chi connectivity index (χ4v) is 3.66. The van der Waals surface area contributed by atoms with Crippen molar-refractivity contribution in [3.63, 3.8) is 0 Å². The van der Waals surface area contributed by atoms with Gasteiger partial charge in [0, 0.05) is 18.3 Å². The summed E-state index contributed by atoms with van der Waals surface area (Å²) in [6.45, 7) is 3.95. The zero-order valence-corrected chi connectivity index (χ0v) is 11.7. The van der Waals surface area contributed by atoms with Gasteiger partial charge in [-0.3, -0.25) is 4.98 Å². The zero-order chi connectivity index (χ0) is 13.2. The maximum Gasteiger partial charge on any atom is 0.186 e. The van der Waals surface area contributed by atoms with Crippen molar-refractivity contribution in [1.82, 2.24) is 14.3 Å². The molecule has 0 atom stereocenters. The summed E-state index contributed by atoms with van der Waals surface area (Å²) in [6, 6.07) is 3.14. The molecule has 0 amide bonds. The third-order valence-electron chi connectivity index (χ3n) is 2.31. The van der Waals surface area contributed by atoms with E-state index in [0.717, 1.165) is 11.5 Å². The molecule has 0 bridgehead atoms. The molecule has 2 rings (SSSR count). The number of hydrogen-bond acceptors (Lipinski definition) is 6. The van der Waals surface area contributed by atoms with E-state index in [2.05, 4.69) is 14.3 Å². The summed E-state index contributed by atoms with van der Waals surface area (Å²) in [6.07, 6.45) is 2.89. The van der Waals surface area contributed by atoms with Gasteiger partial charge in [-0.15, -0.1) is 0 Å². The first kappa shape index (κ1) is 13.1. The summed E-state index contributed by atoms with van der Waals surface area (Å²) in [7, 11) is -3.38. The Morgan fingerprint density at radius 1 is 1.39 bits per heavy atom. The summed E-state index contributed by atoms with van der Waals surface area (Å²) in [5, 5.41) is 0.516. The minimum Gasteiger partial charge on any atom is -0.263 e. The molecule has 0 saturated carbocycles. The van der Waals surface area contributed by atoms with Crippen LogP contribution in [0.5, 0.6) is 0 Å². The van der Waals surface area contributed by atoms with E-state index in [1.807, 2.05) is 13.8 Å². The van der Waals surface area contributed by atoms with Crippen molar-refractivity contribution >= 4 is 21.4 Å². The Morgan fingerprint density at radius 2 is 2.17 bits per heavy atom. The molecule has 0 aliphatic heterocycles. The quantitative estimate of drug-likeness (QED) is 0.858. The van der Waals surface area contributed by atoms with Crippen molar-refractivity contribution in [1.29, 1.82) is 0 Å². The van der Waals surface area contributed by atoms with Crippen molar-refractivity contribution in [2.45, 2.75) is 30.4 Å². The van der Waals surface area contributed by atoms with Crippen molar-refractivity contribution in [3.05, 3.63) is 35.4 Å². The van der Waals surface area contributed by atoms with Crippen LogP contribution in [0.15, 0.2) is 29.4 Å². The third kappa shape index (κ3) is 2.91. The molecule has 18 heavy (non-hydrogen) atoms. The van der Waals surface area contributed by atoms with E-state index >= 15 is 0 Å². The summed E-state index contributed by atoms with van der Waals surface area (Å²) in [5.41, 5.74) is 0. The molecule has 96 valence electrons. The monoisotopic (exact) mass is 283 g/mol. The maximum absolute atomic E-state index is 12.1. The molecule has 0 saturated heterocycles. The minimum absolute atomic E-state index is 0.122. The second-order valence-corrected chi connectivity index (χ2v) is 6.97. The zero-order valence-electron chi connectivity index (χ0n) is 10.1. The molecule has 2 aromatic rings. The standard InChI is InChI=1S/C11H13N3O2S2/c1-8(2)11-13-10(17-14-11)7-18(15,16)9-4-3-5-12-6-9/h3-6,8H,7H2,1-2H3. The highest BCUT2D eigenvalue weighted by Gasteiger charge is 2.18. The van der Waals surface area contributed by atoms with Crippen LogP contribution in [0.1, 0.15) is 30.6 Å². The van der Waals surface area contributed by atoms with Gasteiger partial charge in [0.05, 0.1) is 4.90 Å². The van der Waals surface area contributed by atoms with Gasteiger partial charge in [0.25, 0.3) is 0 Å². The van der Waals surface area contributed by atoms with Crippen molar-refractivity contribution in [3.8, 4) is 0 Å². The van der Waals surface area contributed by atoms with Crippen LogP contribution in [-0.4, -0.2) is 22.8 Å². The summed E-state index contributed by atoms with van der Waals surface area (Å²) >= 11 is 1.14. The SMILES string of the molecule is CC(C)c1nsc(CS(=O)(=O)c2cccnc2)n1. The Morgan fingerprint density at radius 3 is 2.72 bits per heavy atom. The Bertz CT molecular complexity index is 621. The van der Waals surface area contributed by atoms with Crippen LogP contribution in [0.25, 0.3) is 0 Å². The molecule has 0 spiro atoms. The van der Waals surface area contributed by atoms with E-state index in [4.69, 9.17) is 0 Å². The number of hydrogen-bond donors (Lipinski definition) is 0. The number of aromatic nitrogens is 3. The fourth-order valence-electron chi connectivity index (χ4n) is 1.34. The highest BCUT2D eigenvalue weighted by molar-refractivity contribution is 7.90. The first-order valence-corrected chi connectivity index (χ1v) is 7.87. The van der Waals surface area contributed by atoms with E-state index in [1.54, 1.807) is 12.3 Å². The molecular weight excluding hydrogens is 270 g/mol. The molecule has 0 unspecified atom stereocenters. The summed E-state index contributed by atoms with van der Waals surface area (Å²) in [5.74, 6) is 0.774. The lowest BCUT2D eigenvalue weighted by molar-refractivity contribution is 0.594. The van der Waals surface area contributed by atoms with E-state index in [0.29, 0.717) is 10.8 Å². The lowest BCUT2D eigenvalue weighted by Gasteiger charge is -2.00. The second-order valence-electron chi connectivity index (χ2n) is 4.15. The Kier molecular flexibility index (Phi) is 3.72.